The molecule has 0 amide bonds. The Bertz CT molecular complexity index is 242. The Morgan fingerprint density at radius 1 is 1.64 bits per heavy atom. The first-order valence-electron chi connectivity index (χ1n) is 3.41. The summed E-state index contributed by atoms with van der Waals surface area (Å²) in [6.45, 7) is 0.686. The first-order chi connectivity index (χ1) is 5.36. The molecule has 0 saturated carbocycles. The Balaban J connectivity index is 2.65. The van der Waals surface area contributed by atoms with Crippen molar-refractivity contribution in [2.45, 2.75) is 6.61 Å². The third kappa shape index (κ3) is 2.46. The number of hydrogen-bond acceptors (Lipinski definition) is 3. The van der Waals surface area contributed by atoms with Gasteiger partial charge in [-0.2, -0.15) is 0 Å². The van der Waals surface area contributed by atoms with Crippen LogP contribution in [0.1, 0.15) is 10.4 Å². The van der Waals surface area contributed by atoms with Crippen LogP contribution in [-0.4, -0.2) is 11.7 Å². The molecule has 0 bridgehead atoms. The predicted molar refractivity (Wildman–Crippen MR) is 48.3 cm³/mol. The van der Waals surface area contributed by atoms with E-state index in [1.165, 1.54) is 0 Å². The Morgan fingerprint density at radius 3 is 3.00 bits per heavy atom. The van der Waals surface area contributed by atoms with Crippen molar-refractivity contribution < 1.29 is 5.11 Å². The molecule has 0 saturated heterocycles. The van der Waals surface area contributed by atoms with E-state index in [2.05, 4.69) is 0 Å². The van der Waals surface area contributed by atoms with Crippen molar-refractivity contribution in [1.82, 2.24) is 0 Å². The van der Waals surface area contributed by atoms with Crippen molar-refractivity contribution in [3.05, 3.63) is 28.0 Å². The summed E-state index contributed by atoms with van der Waals surface area (Å²) < 4.78 is 0. The zero-order valence-corrected chi connectivity index (χ0v) is 6.97. The minimum atomic E-state index is 0.126. The van der Waals surface area contributed by atoms with E-state index in [0.717, 1.165) is 10.4 Å². The van der Waals surface area contributed by atoms with Gasteiger partial charge in [0.2, 0.25) is 0 Å². The van der Waals surface area contributed by atoms with E-state index in [-0.39, 0.29) is 6.61 Å². The molecule has 0 aromatic carbocycles. The lowest BCUT2D eigenvalue weighted by Gasteiger charge is -1.82. The van der Waals surface area contributed by atoms with Gasteiger partial charge in [-0.05, 0) is 17.0 Å². The van der Waals surface area contributed by atoms with E-state index in [9.17, 15) is 0 Å². The predicted octanol–water partition coefficient (Wildman–Crippen LogP) is 1.21. The minimum absolute atomic E-state index is 0.126. The Kier molecular flexibility index (Phi) is 3.29. The fraction of sp³-hybridized carbons (Fsp3) is 0.250. The van der Waals surface area contributed by atoms with Crippen LogP contribution in [0.25, 0.3) is 6.08 Å². The van der Waals surface area contributed by atoms with Crippen LogP contribution in [0.4, 0.5) is 0 Å². The number of nitrogens with two attached hydrogens (primary N) is 1. The first-order valence-corrected chi connectivity index (χ1v) is 4.29. The van der Waals surface area contributed by atoms with Gasteiger partial charge in [-0.3, -0.25) is 0 Å². The highest BCUT2D eigenvalue weighted by Gasteiger charge is 1.93. The van der Waals surface area contributed by atoms with Crippen molar-refractivity contribution in [1.29, 1.82) is 0 Å². The van der Waals surface area contributed by atoms with Crippen LogP contribution < -0.4 is 5.73 Å². The van der Waals surface area contributed by atoms with Gasteiger partial charge in [-0.1, -0.05) is 12.2 Å². The third-order valence-corrected chi connectivity index (χ3v) is 2.22. The van der Waals surface area contributed by atoms with Gasteiger partial charge >= 0.3 is 0 Å². The standard InChI is InChI=1S/C8H11NOS/c9-3-1-2-7-4-8(5-10)11-6-7/h1-2,4,6,10H,3,5,9H2. The van der Waals surface area contributed by atoms with Crippen molar-refractivity contribution in [2.75, 3.05) is 6.54 Å². The average Bonchev–Trinajstić information content (AvgIpc) is 2.48. The molecule has 0 aliphatic carbocycles. The highest BCUT2D eigenvalue weighted by molar-refractivity contribution is 7.10. The highest BCUT2D eigenvalue weighted by atomic mass is 32.1. The Morgan fingerprint density at radius 2 is 2.45 bits per heavy atom. The van der Waals surface area contributed by atoms with Crippen molar-refractivity contribution in [2.24, 2.45) is 5.73 Å². The van der Waals surface area contributed by atoms with Gasteiger partial charge in [-0.25, -0.2) is 0 Å². The van der Waals surface area contributed by atoms with Crippen LogP contribution in [0, 0.1) is 0 Å². The molecule has 60 valence electrons. The zero-order valence-electron chi connectivity index (χ0n) is 6.16. The number of hydrogen-bond donors (Lipinski definition) is 2. The maximum Gasteiger partial charge on any atom is 0.0774 e. The smallest absolute Gasteiger partial charge is 0.0774 e. The second-order valence-corrected chi connectivity index (χ2v) is 3.14. The molecule has 1 rings (SSSR count). The molecule has 0 radical (unpaired) electrons. The van der Waals surface area contributed by atoms with Crippen molar-refractivity contribution in [3.63, 3.8) is 0 Å². The summed E-state index contributed by atoms with van der Waals surface area (Å²) in [5, 5.41) is 10.7. The Hall–Kier alpha value is -0.640. The van der Waals surface area contributed by atoms with Gasteiger partial charge in [0.1, 0.15) is 0 Å². The topological polar surface area (TPSA) is 46.2 Å². The summed E-state index contributed by atoms with van der Waals surface area (Å²) in [5.41, 5.74) is 6.40. The molecule has 3 N–H and O–H groups in total. The maximum atomic E-state index is 8.74. The molecule has 1 heterocycles. The van der Waals surface area contributed by atoms with E-state index in [0.29, 0.717) is 6.54 Å². The molecule has 0 atom stereocenters. The van der Waals surface area contributed by atoms with Crippen molar-refractivity contribution >= 4 is 17.4 Å². The summed E-state index contributed by atoms with van der Waals surface area (Å²) in [7, 11) is 0. The van der Waals surface area contributed by atoms with Crippen LogP contribution in [0.3, 0.4) is 0 Å². The largest absolute Gasteiger partial charge is 0.391 e. The van der Waals surface area contributed by atoms with E-state index in [1.54, 1.807) is 11.3 Å². The van der Waals surface area contributed by atoms with Crippen LogP contribution in [0.2, 0.25) is 0 Å². The van der Waals surface area contributed by atoms with Gasteiger partial charge in [-0.15, -0.1) is 11.3 Å². The summed E-state index contributed by atoms with van der Waals surface area (Å²) >= 11 is 1.56. The minimum Gasteiger partial charge on any atom is -0.391 e. The summed E-state index contributed by atoms with van der Waals surface area (Å²) in [4.78, 5) is 0.988. The monoisotopic (exact) mass is 169 g/mol. The lowest BCUT2D eigenvalue weighted by Crippen LogP contribution is -1.91. The lowest BCUT2D eigenvalue weighted by molar-refractivity contribution is 0.285. The van der Waals surface area contributed by atoms with Crippen LogP contribution in [-0.2, 0) is 6.61 Å². The van der Waals surface area contributed by atoms with Crippen LogP contribution >= 0.6 is 11.3 Å². The quantitative estimate of drug-likeness (QED) is 0.714. The van der Waals surface area contributed by atoms with E-state index in [1.807, 2.05) is 23.6 Å². The number of rotatable bonds is 3. The molecule has 0 unspecified atom stereocenters. The molecule has 2 nitrogen and oxygen atoms in total. The van der Waals surface area contributed by atoms with Crippen LogP contribution in [0.15, 0.2) is 17.5 Å². The van der Waals surface area contributed by atoms with E-state index >= 15 is 0 Å². The molecule has 1 aromatic heterocycles. The summed E-state index contributed by atoms with van der Waals surface area (Å²) in [5.74, 6) is 0. The average molecular weight is 169 g/mol. The molecule has 1 aromatic rings. The van der Waals surface area contributed by atoms with Gasteiger partial charge in [0, 0.05) is 11.4 Å². The normalized spacial score (nSPS) is 11.1. The van der Waals surface area contributed by atoms with E-state index < -0.39 is 0 Å². The molecular formula is C8H11NOS. The number of aliphatic hydroxyl groups excluding tert-OH is 1. The number of aliphatic hydroxyl groups is 1. The van der Waals surface area contributed by atoms with Gasteiger partial charge in [0.15, 0.2) is 0 Å². The second-order valence-electron chi connectivity index (χ2n) is 2.14. The highest BCUT2D eigenvalue weighted by Crippen LogP contribution is 2.15. The third-order valence-electron chi connectivity index (χ3n) is 1.28. The first kappa shape index (κ1) is 8.46. The van der Waals surface area contributed by atoms with Crippen molar-refractivity contribution in [3.8, 4) is 0 Å². The molecule has 3 heteroatoms. The van der Waals surface area contributed by atoms with Gasteiger partial charge in [0.05, 0.1) is 6.61 Å². The zero-order chi connectivity index (χ0) is 8.10. The second kappa shape index (κ2) is 4.28. The molecule has 0 aliphatic heterocycles. The summed E-state index contributed by atoms with van der Waals surface area (Å²) in [6.07, 6.45) is 3.85. The fourth-order valence-corrected chi connectivity index (χ4v) is 1.48. The fourth-order valence-electron chi connectivity index (χ4n) is 0.772. The Labute approximate surface area is 70.0 Å². The van der Waals surface area contributed by atoms with Gasteiger partial charge < -0.3 is 10.8 Å². The molecule has 0 fully saturated rings. The molecule has 11 heavy (non-hydrogen) atoms. The SMILES string of the molecule is NCC=Cc1csc(CO)c1. The van der Waals surface area contributed by atoms with E-state index in [4.69, 9.17) is 10.8 Å². The number of thiophene rings is 1. The van der Waals surface area contributed by atoms with Gasteiger partial charge in [0.25, 0.3) is 0 Å². The molecular weight excluding hydrogens is 158 g/mol. The maximum absolute atomic E-state index is 8.74. The molecule has 0 spiro atoms. The molecule has 0 aliphatic rings. The van der Waals surface area contributed by atoms with Crippen LogP contribution in [0.5, 0.6) is 0 Å². The summed E-state index contributed by atoms with van der Waals surface area (Å²) in [6, 6.07) is 1.96. The lowest BCUT2D eigenvalue weighted by atomic mass is 10.3.